The molecule has 0 fully saturated rings. The van der Waals surface area contributed by atoms with Gasteiger partial charge in [0.05, 0.1) is 19.1 Å². The van der Waals surface area contributed by atoms with Gasteiger partial charge in [-0.15, -0.1) is 5.10 Å². The molecule has 0 unspecified atom stereocenters. The van der Waals surface area contributed by atoms with Crippen molar-refractivity contribution in [1.29, 1.82) is 0 Å². The maximum absolute atomic E-state index is 12.2. The van der Waals surface area contributed by atoms with Crippen molar-refractivity contribution in [3.05, 3.63) is 59.7 Å². The Kier molecular flexibility index (Phi) is 6.06. The molecule has 0 radical (unpaired) electrons. The van der Waals surface area contributed by atoms with Crippen molar-refractivity contribution in [3.63, 3.8) is 0 Å². The minimum absolute atomic E-state index is 0.0282. The van der Waals surface area contributed by atoms with Gasteiger partial charge in [-0.05, 0) is 36.4 Å². The summed E-state index contributed by atoms with van der Waals surface area (Å²) in [5.74, 6) is 1.35. The topological polar surface area (TPSA) is 112 Å². The van der Waals surface area contributed by atoms with Gasteiger partial charge in [0.2, 0.25) is 11.1 Å². The van der Waals surface area contributed by atoms with Gasteiger partial charge in [0.25, 0.3) is 0 Å². The van der Waals surface area contributed by atoms with Gasteiger partial charge in [-0.25, -0.2) is 10.5 Å². The first-order chi connectivity index (χ1) is 13.2. The second kappa shape index (κ2) is 8.86. The van der Waals surface area contributed by atoms with Gasteiger partial charge in [0, 0.05) is 11.1 Å². The van der Waals surface area contributed by atoms with E-state index in [-0.39, 0.29) is 17.3 Å². The van der Waals surface area contributed by atoms with Gasteiger partial charge >= 0.3 is 0 Å². The molecule has 1 aromatic heterocycles. The monoisotopic (exact) mass is 383 g/mol. The lowest BCUT2D eigenvalue weighted by Gasteiger charge is -2.01. The lowest BCUT2D eigenvalue weighted by Crippen LogP contribution is -2.02. The highest BCUT2D eigenvalue weighted by molar-refractivity contribution is 7.99. The number of nitrogens with one attached hydrogen (secondary N) is 2. The summed E-state index contributed by atoms with van der Waals surface area (Å²) in [7, 11) is 1.58. The van der Waals surface area contributed by atoms with Crippen LogP contribution in [0.25, 0.3) is 0 Å². The van der Waals surface area contributed by atoms with Gasteiger partial charge in [0.1, 0.15) is 11.5 Å². The molecule has 2 aromatic carbocycles. The zero-order chi connectivity index (χ0) is 19.1. The first kappa shape index (κ1) is 18.5. The second-order valence-corrected chi connectivity index (χ2v) is 6.28. The van der Waals surface area contributed by atoms with E-state index in [0.29, 0.717) is 28.0 Å². The largest absolute Gasteiger partial charge is 0.507 e. The second-order valence-electron chi connectivity index (χ2n) is 5.34. The number of carbonyl (C=O) groups excluding carboxylic acids is 1. The zero-order valence-electron chi connectivity index (χ0n) is 14.4. The Labute approximate surface area is 159 Å². The van der Waals surface area contributed by atoms with E-state index in [9.17, 15) is 9.90 Å². The average Bonchev–Trinajstić information content (AvgIpc) is 3.15. The number of ketones is 1. The summed E-state index contributed by atoms with van der Waals surface area (Å²) in [6.45, 7) is 0. The smallest absolute Gasteiger partial charge is 0.240 e. The molecule has 138 valence electrons. The number of aromatic nitrogens is 3. The van der Waals surface area contributed by atoms with Crippen molar-refractivity contribution in [2.45, 2.75) is 5.16 Å². The van der Waals surface area contributed by atoms with Crippen LogP contribution in [0.5, 0.6) is 11.5 Å². The number of rotatable bonds is 8. The van der Waals surface area contributed by atoms with Crippen LogP contribution in [0, 0.1) is 0 Å². The van der Waals surface area contributed by atoms with Crippen LogP contribution in [-0.4, -0.2) is 45.1 Å². The maximum Gasteiger partial charge on any atom is 0.240 e. The van der Waals surface area contributed by atoms with Crippen molar-refractivity contribution in [2.75, 3.05) is 18.3 Å². The first-order valence-electron chi connectivity index (χ1n) is 7.95. The maximum atomic E-state index is 12.2. The van der Waals surface area contributed by atoms with Gasteiger partial charge in [-0.1, -0.05) is 23.9 Å². The Balaban J connectivity index is 1.51. The number of hydrazone groups is 1. The van der Waals surface area contributed by atoms with E-state index >= 15 is 0 Å². The fourth-order valence-electron chi connectivity index (χ4n) is 2.11. The van der Waals surface area contributed by atoms with Crippen LogP contribution in [0.1, 0.15) is 15.9 Å². The van der Waals surface area contributed by atoms with Crippen molar-refractivity contribution >= 4 is 29.7 Å². The number of benzene rings is 2. The third-order valence-electron chi connectivity index (χ3n) is 3.52. The van der Waals surface area contributed by atoms with E-state index < -0.39 is 0 Å². The molecule has 3 rings (SSSR count). The molecule has 0 bridgehead atoms. The van der Waals surface area contributed by atoms with Gasteiger partial charge < -0.3 is 9.84 Å². The number of ether oxygens (including phenoxy) is 1. The molecule has 8 nitrogen and oxygen atoms in total. The number of carbonyl (C=O) groups is 1. The van der Waals surface area contributed by atoms with Gasteiger partial charge in [-0.3, -0.25) is 4.79 Å². The molecular weight excluding hydrogens is 366 g/mol. The minimum atomic E-state index is -0.0282. The summed E-state index contributed by atoms with van der Waals surface area (Å²) < 4.78 is 5.07. The Morgan fingerprint density at radius 1 is 1.30 bits per heavy atom. The van der Waals surface area contributed by atoms with E-state index in [1.54, 1.807) is 55.6 Å². The molecule has 9 heteroatoms. The third-order valence-corrected chi connectivity index (χ3v) is 4.37. The molecule has 0 saturated carbocycles. The Morgan fingerprint density at radius 2 is 2.07 bits per heavy atom. The highest BCUT2D eigenvalue weighted by Crippen LogP contribution is 2.18. The molecule has 0 spiro atoms. The SMILES string of the molecule is COc1ccc(C(=O)CSc2n[nH]c(N/N=C/c3ccccc3O)n2)cc1. The number of nitrogens with zero attached hydrogens (tertiary/aromatic N) is 3. The number of aromatic amines is 1. The number of methoxy groups -OCH3 is 1. The van der Waals surface area contributed by atoms with Crippen molar-refractivity contribution in [3.8, 4) is 11.5 Å². The van der Waals surface area contributed by atoms with Gasteiger partial charge in [0.15, 0.2) is 5.78 Å². The number of hydrogen-bond acceptors (Lipinski definition) is 8. The number of aromatic hydroxyl groups is 1. The fraction of sp³-hybridized carbons (Fsp3) is 0.111. The Bertz CT molecular complexity index is 940. The number of phenols is 1. The van der Waals surface area contributed by atoms with E-state index in [1.165, 1.54) is 18.0 Å². The molecule has 1 heterocycles. The summed E-state index contributed by atoms with van der Waals surface area (Å²) in [4.78, 5) is 16.4. The molecule has 3 aromatic rings. The minimum Gasteiger partial charge on any atom is -0.507 e. The van der Waals surface area contributed by atoms with Crippen molar-refractivity contribution in [2.24, 2.45) is 5.10 Å². The molecular formula is C18H17N5O3S. The third kappa shape index (κ3) is 5.08. The summed E-state index contributed by atoms with van der Waals surface area (Å²) >= 11 is 1.22. The van der Waals surface area contributed by atoms with Crippen LogP contribution >= 0.6 is 11.8 Å². The number of phenolic OH excluding ortho intramolecular Hbond substituents is 1. The van der Waals surface area contributed by atoms with Crippen LogP contribution in [0.4, 0.5) is 5.95 Å². The number of thioether (sulfide) groups is 1. The summed E-state index contributed by atoms with van der Waals surface area (Å²) in [6, 6.07) is 13.8. The van der Waals surface area contributed by atoms with Crippen LogP contribution in [0.2, 0.25) is 0 Å². The van der Waals surface area contributed by atoms with Crippen LogP contribution in [0.3, 0.4) is 0 Å². The number of para-hydroxylation sites is 1. The first-order valence-corrected chi connectivity index (χ1v) is 8.94. The van der Waals surface area contributed by atoms with Crippen LogP contribution < -0.4 is 10.2 Å². The van der Waals surface area contributed by atoms with Crippen LogP contribution in [-0.2, 0) is 0 Å². The molecule has 0 aliphatic heterocycles. The van der Waals surface area contributed by atoms with E-state index in [1.807, 2.05) is 0 Å². The van der Waals surface area contributed by atoms with Gasteiger partial charge in [-0.2, -0.15) is 10.1 Å². The standard InChI is InChI=1S/C18H17N5O3S/c1-26-14-8-6-12(7-9-14)16(25)11-27-18-20-17(22-23-18)21-19-10-13-4-2-3-5-15(13)24/h2-10,24H,11H2,1H3,(H2,20,21,22,23)/b19-10+. The highest BCUT2D eigenvalue weighted by atomic mass is 32.2. The van der Waals surface area contributed by atoms with E-state index in [0.717, 1.165) is 0 Å². The fourth-order valence-corrected chi connectivity index (χ4v) is 2.80. The van der Waals surface area contributed by atoms with Crippen LogP contribution in [0.15, 0.2) is 58.8 Å². The molecule has 0 aliphatic rings. The lowest BCUT2D eigenvalue weighted by atomic mass is 10.1. The highest BCUT2D eigenvalue weighted by Gasteiger charge is 2.10. The quantitative estimate of drug-likeness (QED) is 0.237. The summed E-state index contributed by atoms with van der Waals surface area (Å²) in [5.41, 5.74) is 3.86. The lowest BCUT2D eigenvalue weighted by molar-refractivity contribution is 0.102. The number of anilines is 1. The number of Topliss-reactive ketones (excluding diaryl/α,β-unsaturated/α-hetero) is 1. The number of hydrogen-bond donors (Lipinski definition) is 3. The molecule has 0 atom stereocenters. The van der Waals surface area contributed by atoms with Crippen molar-refractivity contribution in [1.82, 2.24) is 15.2 Å². The normalized spacial score (nSPS) is 10.9. The van der Waals surface area contributed by atoms with E-state index in [4.69, 9.17) is 4.74 Å². The molecule has 0 saturated heterocycles. The predicted molar refractivity (Wildman–Crippen MR) is 104 cm³/mol. The molecule has 0 aliphatic carbocycles. The molecule has 27 heavy (non-hydrogen) atoms. The molecule has 3 N–H and O–H groups in total. The number of H-pyrrole nitrogens is 1. The van der Waals surface area contributed by atoms with E-state index in [2.05, 4.69) is 25.7 Å². The Morgan fingerprint density at radius 3 is 2.81 bits per heavy atom. The zero-order valence-corrected chi connectivity index (χ0v) is 15.2. The average molecular weight is 383 g/mol. The van der Waals surface area contributed by atoms with Crippen molar-refractivity contribution < 1.29 is 14.6 Å². The summed E-state index contributed by atoms with van der Waals surface area (Å²) in [6.07, 6.45) is 1.47. The Hall–Kier alpha value is -3.33. The molecule has 0 amide bonds. The summed E-state index contributed by atoms with van der Waals surface area (Å²) in [5, 5.41) is 20.8. The predicted octanol–water partition coefficient (Wildman–Crippen LogP) is 2.94.